The van der Waals surface area contributed by atoms with E-state index in [4.69, 9.17) is 11.6 Å². The van der Waals surface area contributed by atoms with Crippen LogP contribution < -0.4 is 10.2 Å². The molecule has 4 rings (SSSR count). The van der Waals surface area contributed by atoms with Gasteiger partial charge < -0.3 is 10.2 Å². The molecule has 5 nitrogen and oxygen atoms in total. The molecule has 0 spiro atoms. The van der Waals surface area contributed by atoms with Crippen molar-refractivity contribution in [2.45, 2.75) is 46.2 Å². The molecule has 2 aliphatic heterocycles. The maximum Gasteiger partial charge on any atom is 0.329 e. The van der Waals surface area contributed by atoms with Crippen molar-refractivity contribution in [1.82, 2.24) is 10.2 Å². The molecule has 2 aliphatic rings. The van der Waals surface area contributed by atoms with Gasteiger partial charge in [0.2, 0.25) is 0 Å². The standard InChI is InChI=1S/C26H27ClFN3O2/c1-5-10-31-23-13-20(27)18(11-19(23)16(2)14-26(31,3)4)12-22-24(32)30(25(33)29-22)15-17-8-6-7-9-21(17)28/h6-9,11-14H,5,10,15H2,1-4H3,(H,29,33)/b22-12+. The van der Waals surface area contributed by atoms with Gasteiger partial charge in [-0.25, -0.2) is 9.18 Å². The second-order valence-corrected chi connectivity index (χ2v) is 9.40. The van der Waals surface area contributed by atoms with Crippen LogP contribution in [0.4, 0.5) is 14.9 Å². The molecule has 2 heterocycles. The number of imide groups is 1. The summed E-state index contributed by atoms with van der Waals surface area (Å²) in [7, 11) is 0. The summed E-state index contributed by atoms with van der Waals surface area (Å²) in [4.78, 5) is 28.7. The summed E-state index contributed by atoms with van der Waals surface area (Å²) >= 11 is 6.64. The summed E-state index contributed by atoms with van der Waals surface area (Å²) in [5.74, 6) is -0.979. The van der Waals surface area contributed by atoms with Gasteiger partial charge in [-0.2, -0.15) is 0 Å². The highest BCUT2D eigenvalue weighted by Gasteiger charge is 2.35. The lowest BCUT2D eigenvalue weighted by Crippen LogP contribution is -2.45. The molecule has 0 saturated carbocycles. The highest BCUT2D eigenvalue weighted by Crippen LogP contribution is 2.42. The second-order valence-electron chi connectivity index (χ2n) is 8.99. The second kappa shape index (κ2) is 8.67. The maximum absolute atomic E-state index is 14.0. The Morgan fingerprint density at radius 2 is 1.91 bits per heavy atom. The quantitative estimate of drug-likeness (QED) is 0.434. The summed E-state index contributed by atoms with van der Waals surface area (Å²) < 4.78 is 14.0. The molecule has 2 aromatic rings. The number of hydrogen-bond acceptors (Lipinski definition) is 3. The number of carbonyl (C=O) groups excluding carboxylic acids is 2. The average molecular weight is 468 g/mol. The predicted octanol–water partition coefficient (Wildman–Crippen LogP) is 5.98. The number of halogens is 2. The van der Waals surface area contributed by atoms with Gasteiger partial charge in [-0.3, -0.25) is 9.69 Å². The number of amides is 3. The van der Waals surface area contributed by atoms with Crippen LogP contribution in [-0.4, -0.2) is 28.9 Å². The van der Waals surface area contributed by atoms with Crippen molar-refractivity contribution >= 4 is 40.9 Å². The zero-order valence-electron chi connectivity index (χ0n) is 19.2. The van der Waals surface area contributed by atoms with E-state index >= 15 is 0 Å². The molecule has 0 atom stereocenters. The topological polar surface area (TPSA) is 52.7 Å². The van der Waals surface area contributed by atoms with Gasteiger partial charge in [-0.05, 0) is 62.6 Å². The molecule has 0 aromatic heterocycles. The summed E-state index contributed by atoms with van der Waals surface area (Å²) in [6, 6.07) is 9.37. The maximum atomic E-state index is 14.0. The van der Waals surface area contributed by atoms with Crippen LogP contribution in [0.5, 0.6) is 0 Å². The first-order chi connectivity index (χ1) is 15.6. The molecule has 7 heteroatoms. The molecule has 0 aliphatic carbocycles. The first kappa shape index (κ1) is 23.1. The predicted molar refractivity (Wildman–Crippen MR) is 130 cm³/mol. The number of carbonyl (C=O) groups is 2. The third-order valence-corrected chi connectivity index (χ3v) is 6.42. The van der Waals surface area contributed by atoms with Crippen LogP contribution in [0.25, 0.3) is 11.6 Å². The van der Waals surface area contributed by atoms with Crippen LogP contribution in [0, 0.1) is 5.82 Å². The molecule has 172 valence electrons. The Balaban J connectivity index is 1.68. The van der Waals surface area contributed by atoms with Gasteiger partial charge >= 0.3 is 6.03 Å². The van der Waals surface area contributed by atoms with E-state index in [1.54, 1.807) is 24.3 Å². The van der Waals surface area contributed by atoms with E-state index in [2.05, 4.69) is 44.0 Å². The van der Waals surface area contributed by atoms with Crippen LogP contribution in [0.15, 0.2) is 48.2 Å². The number of anilines is 1. The molecule has 1 fully saturated rings. The van der Waals surface area contributed by atoms with E-state index in [1.807, 2.05) is 12.1 Å². The van der Waals surface area contributed by atoms with Crippen molar-refractivity contribution in [3.63, 3.8) is 0 Å². The van der Waals surface area contributed by atoms with Gasteiger partial charge in [0.15, 0.2) is 0 Å². The van der Waals surface area contributed by atoms with E-state index in [1.165, 1.54) is 6.07 Å². The number of allylic oxidation sites excluding steroid dienone is 1. The minimum absolute atomic E-state index is 0.112. The van der Waals surface area contributed by atoms with E-state index in [-0.39, 0.29) is 23.3 Å². The van der Waals surface area contributed by atoms with Gasteiger partial charge in [0.05, 0.1) is 12.1 Å². The Labute approximate surface area is 198 Å². The van der Waals surface area contributed by atoms with Crippen molar-refractivity contribution in [2.75, 3.05) is 11.4 Å². The lowest BCUT2D eigenvalue weighted by atomic mass is 9.87. The molecule has 0 bridgehead atoms. The number of nitrogens with one attached hydrogen (secondary N) is 1. The summed E-state index contributed by atoms with van der Waals surface area (Å²) in [6.07, 6.45) is 4.81. The van der Waals surface area contributed by atoms with E-state index in [0.717, 1.165) is 34.7 Å². The monoisotopic (exact) mass is 467 g/mol. The summed E-state index contributed by atoms with van der Waals surface area (Å²) in [5.41, 5.74) is 4.10. The largest absolute Gasteiger partial charge is 0.362 e. The minimum Gasteiger partial charge on any atom is -0.362 e. The smallest absolute Gasteiger partial charge is 0.329 e. The Morgan fingerprint density at radius 1 is 1.18 bits per heavy atom. The Hall–Kier alpha value is -3.12. The zero-order chi connectivity index (χ0) is 23.9. The zero-order valence-corrected chi connectivity index (χ0v) is 20.0. The number of nitrogens with zero attached hydrogens (tertiary/aromatic N) is 2. The van der Waals surface area contributed by atoms with E-state index in [9.17, 15) is 14.0 Å². The average Bonchev–Trinajstić information content (AvgIpc) is 3.00. The highest BCUT2D eigenvalue weighted by molar-refractivity contribution is 6.32. The van der Waals surface area contributed by atoms with Crippen LogP contribution in [-0.2, 0) is 11.3 Å². The van der Waals surface area contributed by atoms with Crippen molar-refractivity contribution in [3.05, 3.63) is 75.7 Å². The van der Waals surface area contributed by atoms with Crippen LogP contribution in [0.2, 0.25) is 5.02 Å². The van der Waals surface area contributed by atoms with Gasteiger partial charge in [0.25, 0.3) is 5.91 Å². The number of benzene rings is 2. The molecule has 3 amide bonds. The molecule has 2 aromatic carbocycles. The number of fused-ring (bicyclic) bond motifs is 1. The van der Waals surface area contributed by atoms with Gasteiger partial charge in [0.1, 0.15) is 11.5 Å². The summed E-state index contributed by atoms with van der Waals surface area (Å²) in [6.45, 7) is 9.30. The molecule has 33 heavy (non-hydrogen) atoms. The Morgan fingerprint density at radius 3 is 2.61 bits per heavy atom. The molecule has 1 saturated heterocycles. The number of urea groups is 1. The molecular formula is C26H27ClFN3O2. The minimum atomic E-state index is -0.587. The van der Waals surface area contributed by atoms with Crippen LogP contribution in [0.1, 0.15) is 50.8 Å². The third kappa shape index (κ3) is 4.27. The van der Waals surface area contributed by atoms with Crippen molar-refractivity contribution in [3.8, 4) is 0 Å². The first-order valence-electron chi connectivity index (χ1n) is 11.0. The lowest BCUT2D eigenvalue weighted by molar-refractivity contribution is -0.123. The lowest BCUT2D eigenvalue weighted by Gasteiger charge is -2.43. The highest BCUT2D eigenvalue weighted by atomic mass is 35.5. The summed E-state index contributed by atoms with van der Waals surface area (Å²) in [5, 5.41) is 3.08. The van der Waals surface area contributed by atoms with Crippen molar-refractivity contribution in [1.29, 1.82) is 0 Å². The van der Waals surface area contributed by atoms with Gasteiger partial charge in [-0.15, -0.1) is 0 Å². The molecule has 0 unspecified atom stereocenters. The molecule has 1 N–H and O–H groups in total. The molecular weight excluding hydrogens is 441 g/mol. The van der Waals surface area contributed by atoms with E-state index < -0.39 is 17.8 Å². The Bertz CT molecular complexity index is 1200. The fourth-order valence-corrected chi connectivity index (χ4v) is 4.74. The van der Waals surface area contributed by atoms with Crippen molar-refractivity contribution < 1.29 is 14.0 Å². The Kier molecular flexibility index (Phi) is 6.06. The van der Waals surface area contributed by atoms with Crippen molar-refractivity contribution in [2.24, 2.45) is 0 Å². The van der Waals surface area contributed by atoms with Gasteiger partial charge in [-0.1, -0.05) is 42.8 Å². The number of hydrogen-bond donors (Lipinski definition) is 1. The van der Waals surface area contributed by atoms with Crippen LogP contribution >= 0.6 is 11.6 Å². The first-order valence-corrected chi connectivity index (χ1v) is 11.4. The number of rotatable bonds is 5. The van der Waals surface area contributed by atoms with Crippen LogP contribution in [0.3, 0.4) is 0 Å². The fourth-order valence-electron chi connectivity index (χ4n) is 4.53. The molecule has 0 radical (unpaired) electrons. The van der Waals surface area contributed by atoms with Gasteiger partial charge in [0, 0.05) is 28.4 Å². The third-order valence-electron chi connectivity index (χ3n) is 6.09. The SMILES string of the molecule is CCCN1c2cc(Cl)c(/C=C3/NC(=O)N(Cc4ccccc4F)C3=O)cc2C(C)=CC1(C)C. The fraction of sp³-hybridized carbons (Fsp3) is 0.308. The normalized spacial score (nSPS) is 18.5. The van der Waals surface area contributed by atoms with E-state index in [0.29, 0.717) is 10.6 Å².